The molecule has 0 fully saturated rings. The van der Waals surface area contributed by atoms with Crippen molar-refractivity contribution in [3.05, 3.63) is 120 Å². The Kier molecular flexibility index (Phi) is 7.09. The summed E-state index contributed by atoms with van der Waals surface area (Å²) in [4.78, 5) is 28.5. The van der Waals surface area contributed by atoms with Gasteiger partial charge in [-0.1, -0.05) is 60.4 Å². The maximum Gasteiger partial charge on any atom is 0.275 e. The highest BCUT2D eigenvalue weighted by atomic mass is 16.5. The normalized spacial score (nSPS) is 10.0. The Morgan fingerprint density at radius 3 is 2.35 bits per heavy atom. The van der Waals surface area contributed by atoms with Gasteiger partial charge >= 0.3 is 0 Å². The van der Waals surface area contributed by atoms with E-state index in [0.29, 0.717) is 22.4 Å². The Morgan fingerprint density at radius 2 is 1.65 bits per heavy atom. The number of pyridine rings is 1. The third kappa shape index (κ3) is 5.54. The van der Waals surface area contributed by atoms with Gasteiger partial charge in [-0.2, -0.15) is 0 Å². The molecule has 0 spiro atoms. The molecule has 166 valence electrons. The van der Waals surface area contributed by atoms with E-state index in [4.69, 9.17) is 5.21 Å². The summed E-state index contributed by atoms with van der Waals surface area (Å²) in [6, 6.07) is 25.6. The van der Waals surface area contributed by atoms with Crippen LogP contribution in [-0.2, 0) is 11.2 Å². The van der Waals surface area contributed by atoms with Gasteiger partial charge in [0.1, 0.15) is 0 Å². The summed E-state index contributed by atoms with van der Waals surface area (Å²) >= 11 is 0. The van der Waals surface area contributed by atoms with Crippen LogP contribution in [0.5, 0.6) is 0 Å². The van der Waals surface area contributed by atoms with Crippen LogP contribution in [0.4, 0.5) is 5.69 Å². The van der Waals surface area contributed by atoms with Gasteiger partial charge in [0.25, 0.3) is 5.91 Å². The molecule has 3 N–H and O–H groups in total. The maximum absolute atomic E-state index is 12.2. The summed E-state index contributed by atoms with van der Waals surface area (Å²) in [5.41, 5.74) is 6.44. The largest absolute Gasteiger partial charge is 0.324 e. The number of carbonyl (C=O) groups excluding carboxylic acids is 2. The molecule has 4 rings (SSSR count). The first kappa shape index (κ1) is 22.5. The quantitative estimate of drug-likeness (QED) is 0.240. The second-order valence-corrected chi connectivity index (χ2v) is 7.45. The summed E-state index contributed by atoms with van der Waals surface area (Å²) < 4.78 is 0. The number of hydrogen-bond donors (Lipinski definition) is 3. The van der Waals surface area contributed by atoms with Gasteiger partial charge < -0.3 is 5.32 Å². The molecule has 6 heteroatoms. The lowest BCUT2D eigenvalue weighted by Crippen LogP contribution is -2.19. The van der Waals surface area contributed by atoms with Crippen LogP contribution in [0.2, 0.25) is 0 Å². The molecule has 34 heavy (non-hydrogen) atoms. The lowest BCUT2D eigenvalue weighted by atomic mass is 9.94. The van der Waals surface area contributed by atoms with Crippen LogP contribution in [0.1, 0.15) is 27.0 Å². The molecule has 0 saturated carbocycles. The smallest absolute Gasteiger partial charge is 0.275 e. The third-order valence-electron chi connectivity index (χ3n) is 5.08. The van der Waals surface area contributed by atoms with Gasteiger partial charge in [-0.25, -0.2) is 5.48 Å². The van der Waals surface area contributed by atoms with Crippen LogP contribution in [0.3, 0.4) is 0 Å². The van der Waals surface area contributed by atoms with Gasteiger partial charge in [-0.3, -0.25) is 19.8 Å². The molecule has 3 aromatic carbocycles. The number of hydrogen-bond acceptors (Lipinski definition) is 4. The molecule has 1 aromatic heterocycles. The monoisotopic (exact) mass is 447 g/mol. The van der Waals surface area contributed by atoms with Gasteiger partial charge in [-0.05, 0) is 47.5 Å². The number of benzene rings is 3. The molecule has 0 unspecified atom stereocenters. The molecule has 0 aliphatic heterocycles. The highest BCUT2D eigenvalue weighted by Gasteiger charge is 2.15. The summed E-state index contributed by atoms with van der Waals surface area (Å²) in [6.45, 7) is 0. The molecular weight excluding hydrogens is 426 g/mol. The summed E-state index contributed by atoms with van der Waals surface area (Å²) in [7, 11) is 0. The van der Waals surface area contributed by atoms with Crippen molar-refractivity contribution >= 4 is 17.5 Å². The number of amides is 2. The molecule has 4 aromatic rings. The molecule has 0 saturated heterocycles. The topological polar surface area (TPSA) is 91.3 Å². The number of nitrogens with one attached hydrogen (secondary N) is 2. The van der Waals surface area contributed by atoms with Gasteiger partial charge in [0.05, 0.1) is 23.9 Å². The Hall–Kier alpha value is -4.73. The predicted octanol–water partition coefficient (Wildman–Crippen LogP) is 4.45. The van der Waals surface area contributed by atoms with E-state index < -0.39 is 5.91 Å². The number of rotatable bonds is 5. The standard InChI is InChI=1S/C28H21N3O3/c32-26(30-24-9-5-17-29-19-24)18-21-13-11-20(12-14-21)15-16-23-8-4-10-25(28(33)31-34)27(23)22-6-2-1-3-7-22/h1-14,17,19,34H,18H2,(H,30,32)(H,31,33). The minimum absolute atomic E-state index is 0.127. The van der Waals surface area contributed by atoms with E-state index in [2.05, 4.69) is 22.1 Å². The fraction of sp³-hybridized carbons (Fsp3) is 0.0357. The molecule has 0 atom stereocenters. The average molecular weight is 447 g/mol. The second kappa shape index (κ2) is 10.7. The summed E-state index contributed by atoms with van der Waals surface area (Å²) in [6.07, 6.45) is 3.48. The number of nitrogens with zero attached hydrogens (tertiary/aromatic N) is 1. The maximum atomic E-state index is 12.2. The van der Waals surface area contributed by atoms with Crippen molar-refractivity contribution < 1.29 is 14.8 Å². The van der Waals surface area contributed by atoms with E-state index in [9.17, 15) is 9.59 Å². The van der Waals surface area contributed by atoms with E-state index in [0.717, 1.165) is 16.7 Å². The van der Waals surface area contributed by atoms with Gasteiger partial charge in [0.2, 0.25) is 5.91 Å². The lowest BCUT2D eigenvalue weighted by Gasteiger charge is -2.10. The van der Waals surface area contributed by atoms with Crippen LogP contribution in [-0.4, -0.2) is 22.0 Å². The first-order valence-electron chi connectivity index (χ1n) is 10.6. The lowest BCUT2D eigenvalue weighted by molar-refractivity contribution is -0.115. The molecule has 0 aliphatic rings. The van der Waals surface area contributed by atoms with Crippen LogP contribution in [0.25, 0.3) is 11.1 Å². The summed E-state index contributed by atoms with van der Waals surface area (Å²) in [5.74, 6) is 5.54. The highest BCUT2D eigenvalue weighted by Crippen LogP contribution is 2.27. The zero-order valence-electron chi connectivity index (χ0n) is 18.2. The molecular formula is C28H21N3O3. The van der Waals surface area contributed by atoms with Crippen LogP contribution in [0, 0.1) is 11.8 Å². The van der Waals surface area contributed by atoms with Crippen molar-refractivity contribution in [2.45, 2.75) is 6.42 Å². The number of carbonyl (C=O) groups is 2. The Bertz CT molecular complexity index is 1360. The molecule has 1 heterocycles. The zero-order valence-corrected chi connectivity index (χ0v) is 18.2. The highest BCUT2D eigenvalue weighted by molar-refractivity contribution is 6.01. The minimum atomic E-state index is -0.601. The average Bonchev–Trinajstić information content (AvgIpc) is 2.88. The molecule has 0 bridgehead atoms. The van der Waals surface area contributed by atoms with Gasteiger partial charge in [0.15, 0.2) is 0 Å². The minimum Gasteiger partial charge on any atom is -0.324 e. The third-order valence-corrected chi connectivity index (χ3v) is 5.08. The van der Waals surface area contributed by atoms with E-state index in [1.165, 1.54) is 0 Å². The predicted molar refractivity (Wildman–Crippen MR) is 130 cm³/mol. The van der Waals surface area contributed by atoms with Crippen molar-refractivity contribution in [2.24, 2.45) is 0 Å². The zero-order chi connectivity index (χ0) is 23.8. The van der Waals surface area contributed by atoms with Gasteiger partial charge in [-0.15, -0.1) is 0 Å². The van der Waals surface area contributed by atoms with Crippen LogP contribution < -0.4 is 10.8 Å². The van der Waals surface area contributed by atoms with Crippen molar-refractivity contribution in [2.75, 3.05) is 5.32 Å². The van der Waals surface area contributed by atoms with Crippen molar-refractivity contribution in [3.63, 3.8) is 0 Å². The van der Waals surface area contributed by atoms with E-state index in [-0.39, 0.29) is 12.3 Å². The van der Waals surface area contributed by atoms with E-state index >= 15 is 0 Å². The van der Waals surface area contributed by atoms with Crippen molar-refractivity contribution in [1.29, 1.82) is 0 Å². The number of aromatic nitrogens is 1. The van der Waals surface area contributed by atoms with Crippen LogP contribution in [0.15, 0.2) is 97.3 Å². The Labute approximate surface area is 197 Å². The number of hydroxylamine groups is 1. The van der Waals surface area contributed by atoms with E-state index in [1.54, 1.807) is 42.1 Å². The first-order chi connectivity index (χ1) is 16.6. The molecule has 2 amide bonds. The molecule has 0 radical (unpaired) electrons. The molecule has 6 nitrogen and oxygen atoms in total. The first-order valence-corrected chi connectivity index (χ1v) is 10.6. The molecule has 0 aliphatic carbocycles. The fourth-order valence-corrected chi connectivity index (χ4v) is 3.49. The van der Waals surface area contributed by atoms with E-state index in [1.807, 2.05) is 60.7 Å². The van der Waals surface area contributed by atoms with Crippen LogP contribution >= 0.6 is 0 Å². The number of anilines is 1. The van der Waals surface area contributed by atoms with Crippen molar-refractivity contribution in [1.82, 2.24) is 10.5 Å². The van der Waals surface area contributed by atoms with Gasteiger partial charge in [0, 0.05) is 22.9 Å². The second-order valence-electron chi connectivity index (χ2n) is 7.45. The SMILES string of the molecule is O=C(Cc1ccc(C#Cc2cccc(C(=O)NO)c2-c2ccccc2)cc1)Nc1cccnc1. The van der Waals surface area contributed by atoms with Crippen molar-refractivity contribution in [3.8, 4) is 23.0 Å². The summed E-state index contributed by atoms with van der Waals surface area (Å²) in [5, 5.41) is 12.0. The fourth-order valence-electron chi connectivity index (χ4n) is 3.49. The Balaban J connectivity index is 1.55. The Morgan fingerprint density at radius 1 is 0.853 bits per heavy atom.